The number of hydrogen-bond donors (Lipinski definition) is 2. The van der Waals surface area contributed by atoms with E-state index in [4.69, 9.17) is 4.74 Å². The maximum Gasteiger partial charge on any atom is 0.314 e. The highest BCUT2D eigenvalue weighted by atomic mass is 16.5. The van der Waals surface area contributed by atoms with Gasteiger partial charge in [0.15, 0.2) is 0 Å². The molecule has 0 aromatic rings. The molecule has 0 aromatic carbocycles. The summed E-state index contributed by atoms with van der Waals surface area (Å²) in [4.78, 5) is 11.7. The minimum Gasteiger partial charge on any atom is -0.377 e. The zero-order chi connectivity index (χ0) is 14.0. The maximum atomic E-state index is 11.7. The number of ether oxygens (including phenoxy) is 1. The van der Waals surface area contributed by atoms with E-state index >= 15 is 0 Å². The van der Waals surface area contributed by atoms with Gasteiger partial charge < -0.3 is 15.4 Å². The van der Waals surface area contributed by atoms with Crippen molar-refractivity contribution in [3.8, 4) is 0 Å². The lowest BCUT2D eigenvalue weighted by molar-refractivity contribution is 0.00775. The van der Waals surface area contributed by atoms with Gasteiger partial charge in [-0.15, -0.1) is 0 Å². The van der Waals surface area contributed by atoms with E-state index in [0.29, 0.717) is 18.4 Å². The third-order valence-corrected chi connectivity index (χ3v) is 4.39. The molecule has 110 valence electrons. The second-order valence-electron chi connectivity index (χ2n) is 7.27. The van der Waals surface area contributed by atoms with Crippen LogP contribution in [0.5, 0.6) is 0 Å². The van der Waals surface area contributed by atoms with Crippen LogP contribution in [0.25, 0.3) is 0 Å². The lowest BCUT2D eigenvalue weighted by Gasteiger charge is -2.31. The summed E-state index contributed by atoms with van der Waals surface area (Å²) in [5, 5.41) is 5.96. The Labute approximate surface area is 116 Å². The van der Waals surface area contributed by atoms with Gasteiger partial charge in [-0.3, -0.25) is 0 Å². The number of nitrogens with one attached hydrogen (secondary N) is 2. The van der Waals surface area contributed by atoms with Gasteiger partial charge in [0.1, 0.15) is 0 Å². The van der Waals surface area contributed by atoms with Gasteiger partial charge in [-0.2, -0.15) is 0 Å². The van der Waals surface area contributed by atoms with Crippen LogP contribution in [0.15, 0.2) is 0 Å². The Morgan fingerprint density at radius 2 is 1.79 bits per heavy atom. The summed E-state index contributed by atoms with van der Waals surface area (Å²) in [6.45, 7) is 11.2. The number of amides is 2. The van der Waals surface area contributed by atoms with Crippen molar-refractivity contribution in [1.29, 1.82) is 0 Å². The molecule has 4 nitrogen and oxygen atoms in total. The summed E-state index contributed by atoms with van der Waals surface area (Å²) in [7, 11) is 0. The molecule has 0 bridgehead atoms. The summed E-state index contributed by atoms with van der Waals surface area (Å²) < 4.78 is 5.81. The molecule has 1 aliphatic carbocycles. The fourth-order valence-electron chi connectivity index (χ4n) is 2.99. The van der Waals surface area contributed by atoms with Gasteiger partial charge in [0.2, 0.25) is 0 Å². The first-order valence-electron chi connectivity index (χ1n) is 7.51. The molecule has 2 amide bonds. The Morgan fingerprint density at radius 1 is 1.21 bits per heavy atom. The Hall–Kier alpha value is -0.770. The Kier molecular flexibility index (Phi) is 4.39. The van der Waals surface area contributed by atoms with Crippen molar-refractivity contribution < 1.29 is 9.53 Å². The quantitative estimate of drug-likeness (QED) is 0.822. The standard InChI is InChI=1S/C15H28N2O2/c1-10-7-12(10)9-17-14(18)16-8-11-5-6-19-13(11)15(2,3)4/h10-13H,5-9H2,1-4H3,(H2,16,17,18)/t10-,11+,12-,13-/m0/s1. The van der Waals surface area contributed by atoms with Crippen LogP contribution in [0.2, 0.25) is 0 Å². The van der Waals surface area contributed by atoms with E-state index in [2.05, 4.69) is 38.3 Å². The average molecular weight is 268 g/mol. The third-order valence-electron chi connectivity index (χ3n) is 4.39. The minimum absolute atomic E-state index is 0.0290. The fourth-order valence-corrected chi connectivity index (χ4v) is 2.99. The largest absolute Gasteiger partial charge is 0.377 e. The van der Waals surface area contributed by atoms with Crippen molar-refractivity contribution in [1.82, 2.24) is 10.6 Å². The first-order valence-corrected chi connectivity index (χ1v) is 7.51. The van der Waals surface area contributed by atoms with E-state index in [1.807, 2.05) is 0 Å². The van der Waals surface area contributed by atoms with Crippen LogP contribution in [-0.2, 0) is 4.74 Å². The molecule has 1 saturated heterocycles. The maximum absolute atomic E-state index is 11.7. The van der Waals surface area contributed by atoms with Crippen LogP contribution in [0.1, 0.15) is 40.5 Å². The number of urea groups is 1. The van der Waals surface area contributed by atoms with Crippen molar-refractivity contribution in [2.24, 2.45) is 23.2 Å². The monoisotopic (exact) mass is 268 g/mol. The zero-order valence-corrected chi connectivity index (χ0v) is 12.7. The molecule has 19 heavy (non-hydrogen) atoms. The normalized spacial score (nSPS) is 34.1. The predicted octanol–water partition coefficient (Wildman–Crippen LogP) is 2.39. The molecule has 2 rings (SSSR count). The lowest BCUT2D eigenvalue weighted by Crippen LogP contribution is -2.43. The van der Waals surface area contributed by atoms with E-state index in [1.54, 1.807) is 0 Å². The topological polar surface area (TPSA) is 50.4 Å². The van der Waals surface area contributed by atoms with Crippen LogP contribution in [0.4, 0.5) is 4.79 Å². The molecule has 0 spiro atoms. The highest BCUT2D eigenvalue weighted by Crippen LogP contribution is 2.36. The molecule has 2 fully saturated rings. The van der Waals surface area contributed by atoms with E-state index in [0.717, 1.165) is 25.5 Å². The second-order valence-corrected chi connectivity index (χ2v) is 7.27. The fraction of sp³-hybridized carbons (Fsp3) is 0.933. The van der Waals surface area contributed by atoms with E-state index in [9.17, 15) is 4.79 Å². The Balaban J connectivity index is 1.67. The summed E-state index contributed by atoms with van der Waals surface area (Å²) in [6.07, 6.45) is 2.54. The summed E-state index contributed by atoms with van der Waals surface area (Å²) >= 11 is 0. The first-order chi connectivity index (χ1) is 8.88. The van der Waals surface area contributed by atoms with Gasteiger partial charge in [0.05, 0.1) is 6.10 Å². The summed E-state index contributed by atoms with van der Waals surface area (Å²) in [6, 6.07) is -0.0290. The average Bonchev–Trinajstić information content (AvgIpc) is 2.83. The Bertz CT molecular complexity index is 325. The number of carbonyl (C=O) groups is 1. The van der Waals surface area contributed by atoms with Gasteiger partial charge in [-0.1, -0.05) is 27.7 Å². The first kappa shape index (κ1) is 14.6. The molecule has 0 radical (unpaired) electrons. The van der Waals surface area contributed by atoms with Gasteiger partial charge in [0.25, 0.3) is 0 Å². The molecule has 2 aliphatic rings. The van der Waals surface area contributed by atoms with E-state index in [-0.39, 0.29) is 17.6 Å². The predicted molar refractivity (Wildman–Crippen MR) is 76.0 cm³/mol. The Morgan fingerprint density at radius 3 is 2.32 bits per heavy atom. The van der Waals surface area contributed by atoms with Crippen molar-refractivity contribution >= 4 is 6.03 Å². The second kappa shape index (κ2) is 5.70. The molecule has 2 N–H and O–H groups in total. The SMILES string of the molecule is C[C@H]1C[C@H]1CNC(=O)NC[C@H]1CCO[C@@H]1C(C)(C)C. The highest BCUT2D eigenvalue weighted by Gasteiger charge is 2.37. The van der Waals surface area contributed by atoms with Crippen molar-refractivity contribution in [3.63, 3.8) is 0 Å². The van der Waals surface area contributed by atoms with Gasteiger partial charge in [-0.05, 0) is 30.1 Å². The van der Waals surface area contributed by atoms with Crippen LogP contribution in [0, 0.1) is 23.2 Å². The number of hydrogen-bond acceptors (Lipinski definition) is 2. The van der Waals surface area contributed by atoms with Crippen LogP contribution in [-0.4, -0.2) is 31.8 Å². The minimum atomic E-state index is -0.0290. The van der Waals surface area contributed by atoms with Crippen molar-refractivity contribution in [2.45, 2.75) is 46.6 Å². The molecule has 4 atom stereocenters. The molecule has 1 aliphatic heterocycles. The molecule has 4 heteroatoms. The van der Waals surface area contributed by atoms with Crippen molar-refractivity contribution in [2.75, 3.05) is 19.7 Å². The molecular formula is C15H28N2O2. The summed E-state index contributed by atoms with van der Waals surface area (Å²) in [5.74, 6) is 1.92. The molecule has 1 heterocycles. The van der Waals surface area contributed by atoms with Crippen LogP contribution < -0.4 is 10.6 Å². The third kappa shape index (κ3) is 4.10. The summed E-state index contributed by atoms with van der Waals surface area (Å²) in [5.41, 5.74) is 0.142. The number of rotatable bonds is 4. The molecule has 0 unspecified atom stereocenters. The molecule has 1 saturated carbocycles. The van der Waals surface area contributed by atoms with Gasteiger partial charge >= 0.3 is 6.03 Å². The zero-order valence-electron chi connectivity index (χ0n) is 12.7. The van der Waals surface area contributed by atoms with E-state index < -0.39 is 0 Å². The smallest absolute Gasteiger partial charge is 0.314 e. The lowest BCUT2D eigenvalue weighted by atomic mass is 9.81. The van der Waals surface area contributed by atoms with Crippen molar-refractivity contribution in [3.05, 3.63) is 0 Å². The van der Waals surface area contributed by atoms with Gasteiger partial charge in [-0.25, -0.2) is 4.79 Å². The number of carbonyl (C=O) groups excluding carboxylic acids is 1. The van der Waals surface area contributed by atoms with Crippen LogP contribution in [0.3, 0.4) is 0 Å². The highest BCUT2D eigenvalue weighted by molar-refractivity contribution is 5.73. The molecule has 0 aromatic heterocycles. The molecular weight excluding hydrogens is 240 g/mol. The van der Waals surface area contributed by atoms with E-state index in [1.165, 1.54) is 6.42 Å². The van der Waals surface area contributed by atoms with Crippen LogP contribution >= 0.6 is 0 Å². The van der Waals surface area contributed by atoms with Gasteiger partial charge in [0, 0.05) is 25.6 Å².